The Balaban J connectivity index is 1.75. The first kappa shape index (κ1) is 17.0. The molecule has 5 heteroatoms. The highest BCUT2D eigenvalue weighted by Crippen LogP contribution is 2.29. The van der Waals surface area contributed by atoms with Gasteiger partial charge in [-0.25, -0.2) is 4.99 Å². The summed E-state index contributed by atoms with van der Waals surface area (Å²) in [6.45, 7) is 0.354. The monoisotopic (exact) mass is 424 g/mol. The molecule has 0 spiro atoms. The van der Waals surface area contributed by atoms with Crippen LogP contribution < -0.4 is 4.74 Å². The Bertz CT molecular complexity index is 998. The van der Waals surface area contributed by atoms with Crippen LogP contribution in [0.1, 0.15) is 11.1 Å². The standard InChI is InChI=1S/C21H14BrClN2O/c22-15-6-9-17(10-7-15)26-20-13-24-21(14-4-2-1-3-5-14)18-12-16(23)8-11-19(18)25-20/h1-12H,13H2. The molecule has 0 saturated carbocycles. The van der Waals surface area contributed by atoms with Crippen molar-refractivity contribution in [2.24, 2.45) is 9.98 Å². The van der Waals surface area contributed by atoms with Crippen molar-refractivity contribution in [1.29, 1.82) is 0 Å². The highest BCUT2D eigenvalue weighted by molar-refractivity contribution is 9.10. The first-order chi connectivity index (χ1) is 12.7. The van der Waals surface area contributed by atoms with Crippen LogP contribution in [0.5, 0.6) is 5.75 Å². The van der Waals surface area contributed by atoms with Gasteiger partial charge >= 0.3 is 0 Å². The van der Waals surface area contributed by atoms with E-state index in [0.717, 1.165) is 32.7 Å². The lowest BCUT2D eigenvalue weighted by Crippen LogP contribution is -2.12. The maximum Gasteiger partial charge on any atom is 0.216 e. The zero-order chi connectivity index (χ0) is 17.9. The van der Waals surface area contributed by atoms with Crippen LogP contribution in [0, 0.1) is 0 Å². The first-order valence-electron chi connectivity index (χ1n) is 8.10. The van der Waals surface area contributed by atoms with Crippen LogP contribution >= 0.6 is 27.5 Å². The van der Waals surface area contributed by atoms with Crippen LogP contribution in [0.3, 0.4) is 0 Å². The molecule has 0 atom stereocenters. The van der Waals surface area contributed by atoms with Crippen molar-refractivity contribution in [2.75, 3.05) is 6.54 Å². The van der Waals surface area contributed by atoms with Crippen LogP contribution in [0.2, 0.25) is 5.02 Å². The molecule has 1 aliphatic heterocycles. The fraction of sp³-hybridized carbons (Fsp3) is 0.0476. The van der Waals surface area contributed by atoms with Crippen molar-refractivity contribution < 1.29 is 4.74 Å². The van der Waals surface area contributed by atoms with Gasteiger partial charge in [-0.15, -0.1) is 0 Å². The van der Waals surface area contributed by atoms with Crippen LogP contribution in [0.15, 0.2) is 87.3 Å². The number of hydrogen-bond donors (Lipinski definition) is 0. The summed E-state index contributed by atoms with van der Waals surface area (Å²) in [6.07, 6.45) is 0. The Morgan fingerprint density at radius 3 is 2.46 bits per heavy atom. The van der Waals surface area contributed by atoms with Gasteiger partial charge in [-0.1, -0.05) is 57.9 Å². The van der Waals surface area contributed by atoms with E-state index >= 15 is 0 Å². The molecular formula is C21H14BrClN2O. The Morgan fingerprint density at radius 2 is 1.69 bits per heavy atom. The minimum atomic E-state index is 0.354. The number of nitrogens with zero attached hydrogens (tertiary/aromatic N) is 2. The molecule has 0 bridgehead atoms. The first-order valence-corrected chi connectivity index (χ1v) is 9.27. The van der Waals surface area contributed by atoms with Crippen molar-refractivity contribution in [1.82, 2.24) is 0 Å². The smallest absolute Gasteiger partial charge is 0.216 e. The normalized spacial score (nSPS) is 13.3. The maximum absolute atomic E-state index is 6.22. The summed E-state index contributed by atoms with van der Waals surface area (Å²) in [5, 5.41) is 0.653. The third kappa shape index (κ3) is 3.71. The topological polar surface area (TPSA) is 34.0 Å². The number of ether oxygens (including phenoxy) is 1. The molecule has 4 rings (SSSR count). The fourth-order valence-electron chi connectivity index (χ4n) is 2.73. The maximum atomic E-state index is 6.22. The molecule has 128 valence electrons. The molecular weight excluding hydrogens is 412 g/mol. The van der Waals surface area contributed by atoms with E-state index in [4.69, 9.17) is 21.3 Å². The van der Waals surface area contributed by atoms with Crippen LogP contribution in [0.25, 0.3) is 0 Å². The molecule has 0 amide bonds. The average Bonchev–Trinajstić information content (AvgIpc) is 2.83. The average molecular weight is 426 g/mol. The van der Waals surface area contributed by atoms with Gasteiger partial charge in [0.1, 0.15) is 12.3 Å². The number of aliphatic imine (C=N–C) groups is 2. The molecule has 0 radical (unpaired) electrons. The van der Waals surface area contributed by atoms with E-state index in [1.54, 1.807) is 0 Å². The molecule has 0 aromatic heterocycles. The van der Waals surface area contributed by atoms with Gasteiger partial charge in [-0.05, 0) is 42.5 Å². The Hall–Kier alpha value is -2.43. The number of hydrogen-bond acceptors (Lipinski definition) is 3. The summed E-state index contributed by atoms with van der Waals surface area (Å²) in [5.41, 5.74) is 3.58. The van der Waals surface area contributed by atoms with Gasteiger partial charge in [-0.3, -0.25) is 4.99 Å². The Kier molecular flexibility index (Phi) is 4.87. The van der Waals surface area contributed by atoms with E-state index < -0.39 is 0 Å². The summed E-state index contributed by atoms with van der Waals surface area (Å²) in [6, 6.07) is 23.3. The third-order valence-corrected chi connectivity index (χ3v) is 4.69. The summed E-state index contributed by atoms with van der Waals surface area (Å²) >= 11 is 9.65. The lowest BCUT2D eigenvalue weighted by molar-refractivity contribution is 0.541. The van der Waals surface area contributed by atoms with Gasteiger partial charge in [0.15, 0.2) is 0 Å². The van der Waals surface area contributed by atoms with E-state index in [0.29, 0.717) is 17.5 Å². The van der Waals surface area contributed by atoms with Gasteiger partial charge in [0.2, 0.25) is 5.90 Å². The molecule has 1 aliphatic rings. The second-order valence-corrected chi connectivity index (χ2v) is 7.11. The molecule has 0 fully saturated rings. The van der Waals surface area contributed by atoms with Gasteiger partial charge in [0, 0.05) is 20.6 Å². The number of halogens is 2. The largest absolute Gasteiger partial charge is 0.441 e. The van der Waals surface area contributed by atoms with Crippen LogP contribution in [-0.2, 0) is 0 Å². The number of benzene rings is 3. The Labute approximate surface area is 165 Å². The molecule has 26 heavy (non-hydrogen) atoms. The fourth-order valence-corrected chi connectivity index (χ4v) is 3.17. The SMILES string of the molecule is Clc1ccc2c(c1)C(c1ccccc1)=NCC(Oc1ccc(Br)cc1)=N2. The van der Waals surface area contributed by atoms with Crippen molar-refractivity contribution in [3.8, 4) is 5.75 Å². The van der Waals surface area contributed by atoms with E-state index in [1.807, 2.05) is 72.8 Å². The second-order valence-electron chi connectivity index (χ2n) is 5.75. The van der Waals surface area contributed by atoms with E-state index in [2.05, 4.69) is 20.9 Å². The molecule has 3 aromatic carbocycles. The summed E-state index contributed by atoms with van der Waals surface area (Å²) in [4.78, 5) is 9.45. The molecule has 0 saturated heterocycles. The van der Waals surface area contributed by atoms with Gasteiger partial charge in [0.05, 0.1) is 11.4 Å². The van der Waals surface area contributed by atoms with E-state index in [9.17, 15) is 0 Å². The highest BCUT2D eigenvalue weighted by atomic mass is 79.9. The number of rotatable bonds is 2. The predicted molar refractivity (Wildman–Crippen MR) is 110 cm³/mol. The minimum Gasteiger partial charge on any atom is -0.441 e. The highest BCUT2D eigenvalue weighted by Gasteiger charge is 2.17. The number of fused-ring (bicyclic) bond motifs is 1. The quantitative estimate of drug-likeness (QED) is 0.491. The molecule has 3 aromatic rings. The molecule has 0 unspecified atom stereocenters. The third-order valence-electron chi connectivity index (χ3n) is 3.93. The van der Waals surface area contributed by atoms with Crippen LogP contribution in [-0.4, -0.2) is 18.2 Å². The zero-order valence-electron chi connectivity index (χ0n) is 13.7. The van der Waals surface area contributed by atoms with E-state index in [-0.39, 0.29) is 0 Å². The molecule has 1 heterocycles. The lowest BCUT2D eigenvalue weighted by atomic mass is 10.0. The summed E-state index contributed by atoms with van der Waals surface area (Å²) < 4.78 is 6.95. The minimum absolute atomic E-state index is 0.354. The zero-order valence-corrected chi connectivity index (χ0v) is 16.0. The van der Waals surface area contributed by atoms with Crippen LogP contribution in [0.4, 0.5) is 5.69 Å². The molecule has 3 nitrogen and oxygen atoms in total. The molecule has 0 aliphatic carbocycles. The van der Waals surface area contributed by atoms with Crippen molar-refractivity contribution in [2.45, 2.75) is 0 Å². The van der Waals surface area contributed by atoms with Crippen molar-refractivity contribution in [3.63, 3.8) is 0 Å². The van der Waals surface area contributed by atoms with E-state index in [1.165, 1.54) is 0 Å². The predicted octanol–water partition coefficient (Wildman–Crippen LogP) is 6.06. The molecule has 0 N–H and O–H groups in total. The van der Waals surface area contributed by atoms with Gasteiger partial charge in [0.25, 0.3) is 0 Å². The summed E-state index contributed by atoms with van der Waals surface area (Å²) in [7, 11) is 0. The Morgan fingerprint density at radius 1 is 0.923 bits per heavy atom. The lowest BCUT2D eigenvalue weighted by Gasteiger charge is -2.08. The van der Waals surface area contributed by atoms with Gasteiger partial charge in [-0.2, -0.15) is 0 Å². The van der Waals surface area contributed by atoms with Crippen molar-refractivity contribution in [3.05, 3.63) is 93.4 Å². The summed E-state index contributed by atoms with van der Waals surface area (Å²) in [5.74, 6) is 1.27. The van der Waals surface area contributed by atoms with Gasteiger partial charge < -0.3 is 4.74 Å². The van der Waals surface area contributed by atoms with Crippen molar-refractivity contribution >= 4 is 44.8 Å². The second kappa shape index (κ2) is 7.44.